The van der Waals surface area contributed by atoms with Crippen LogP contribution in [0.25, 0.3) is 0 Å². The van der Waals surface area contributed by atoms with Crippen molar-refractivity contribution in [3.8, 4) is 5.75 Å². The fourth-order valence-corrected chi connectivity index (χ4v) is 6.63. The third kappa shape index (κ3) is 7.85. The quantitative estimate of drug-likeness (QED) is 0.221. The number of amides is 2. The number of anilines is 1. The molecule has 0 saturated heterocycles. The van der Waals surface area contributed by atoms with Crippen molar-refractivity contribution in [3.05, 3.63) is 125 Å². The molecule has 4 aromatic carbocycles. The van der Waals surface area contributed by atoms with E-state index in [0.29, 0.717) is 23.5 Å². The highest BCUT2D eigenvalue weighted by atomic mass is 32.2. The van der Waals surface area contributed by atoms with Crippen LogP contribution in [0, 0.1) is 13.8 Å². The SMILES string of the molecule is CCNC(=O)[C@@H](Cc1ccccc1)N(Cc1cccc(OC)c1)C(=O)CN(c1ccc(C)cc1C)S(=O)(=O)c1ccccc1. The standard InChI is InChI=1S/C35H39N3O5S/c1-5-36-35(40)33(23-28-13-8-6-9-14-28)37(24-29-15-12-16-30(22-29)43-4)34(39)25-38(32-20-19-26(2)21-27(32)3)44(41,42)31-17-10-7-11-18-31/h6-22,33H,5,23-25H2,1-4H3,(H,36,40)/t33-/m1/s1. The van der Waals surface area contributed by atoms with Gasteiger partial charge >= 0.3 is 0 Å². The number of sulfonamides is 1. The van der Waals surface area contributed by atoms with Crippen LogP contribution >= 0.6 is 0 Å². The molecule has 8 nitrogen and oxygen atoms in total. The highest BCUT2D eigenvalue weighted by Gasteiger charge is 2.35. The molecular weight excluding hydrogens is 574 g/mol. The van der Waals surface area contributed by atoms with E-state index < -0.39 is 28.5 Å². The number of benzene rings is 4. The Morgan fingerprint density at radius 2 is 1.50 bits per heavy atom. The maximum absolute atomic E-state index is 14.5. The first kappa shape index (κ1) is 32.3. The van der Waals surface area contributed by atoms with Crippen molar-refractivity contribution in [2.45, 2.75) is 44.7 Å². The lowest BCUT2D eigenvalue weighted by Gasteiger charge is -2.34. The van der Waals surface area contributed by atoms with Crippen LogP contribution in [0.4, 0.5) is 5.69 Å². The van der Waals surface area contributed by atoms with E-state index in [1.54, 1.807) is 43.5 Å². The van der Waals surface area contributed by atoms with E-state index in [-0.39, 0.29) is 23.8 Å². The molecule has 0 spiro atoms. The highest BCUT2D eigenvalue weighted by molar-refractivity contribution is 7.92. The first-order chi connectivity index (χ1) is 21.1. The van der Waals surface area contributed by atoms with E-state index in [1.807, 2.05) is 75.4 Å². The average Bonchev–Trinajstić information content (AvgIpc) is 3.03. The Morgan fingerprint density at radius 3 is 2.14 bits per heavy atom. The second-order valence-electron chi connectivity index (χ2n) is 10.6. The predicted molar refractivity (Wildman–Crippen MR) is 173 cm³/mol. The Balaban J connectivity index is 1.82. The number of nitrogens with one attached hydrogen (secondary N) is 1. The summed E-state index contributed by atoms with van der Waals surface area (Å²) in [6.45, 7) is 5.50. The molecule has 0 aliphatic heterocycles. The summed E-state index contributed by atoms with van der Waals surface area (Å²) in [5.41, 5.74) is 3.68. The Bertz CT molecular complexity index is 1680. The first-order valence-electron chi connectivity index (χ1n) is 14.5. The number of carbonyl (C=O) groups excluding carboxylic acids is 2. The molecule has 0 aliphatic carbocycles. The predicted octanol–water partition coefficient (Wildman–Crippen LogP) is 5.28. The maximum Gasteiger partial charge on any atom is 0.264 e. The van der Waals surface area contributed by atoms with Gasteiger partial charge in [0.15, 0.2) is 0 Å². The average molecular weight is 614 g/mol. The summed E-state index contributed by atoms with van der Waals surface area (Å²) < 4.78 is 34.8. The van der Waals surface area contributed by atoms with Gasteiger partial charge in [-0.05, 0) is 67.8 Å². The maximum atomic E-state index is 14.5. The van der Waals surface area contributed by atoms with Gasteiger partial charge in [0.1, 0.15) is 18.3 Å². The first-order valence-corrected chi connectivity index (χ1v) is 16.0. The Hall–Kier alpha value is -4.63. The number of hydrogen-bond acceptors (Lipinski definition) is 5. The van der Waals surface area contributed by atoms with Crippen LogP contribution < -0.4 is 14.4 Å². The summed E-state index contributed by atoms with van der Waals surface area (Å²) in [7, 11) is -2.59. The van der Waals surface area contributed by atoms with Crippen LogP contribution in [0.2, 0.25) is 0 Å². The molecule has 44 heavy (non-hydrogen) atoms. The topological polar surface area (TPSA) is 96.0 Å². The van der Waals surface area contributed by atoms with Gasteiger partial charge in [0.05, 0.1) is 17.7 Å². The molecule has 230 valence electrons. The van der Waals surface area contributed by atoms with E-state index in [0.717, 1.165) is 21.0 Å². The Morgan fingerprint density at radius 1 is 0.841 bits per heavy atom. The van der Waals surface area contributed by atoms with Crippen LogP contribution in [0.1, 0.15) is 29.2 Å². The minimum absolute atomic E-state index is 0.0662. The van der Waals surface area contributed by atoms with Gasteiger partial charge in [-0.15, -0.1) is 0 Å². The number of nitrogens with zero attached hydrogens (tertiary/aromatic N) is 2. The lowest BCUT2D eigenvalue weighted by atomic mass is 10.0. The van der Waals surface area contributed by atoms with Crippen LogP contribution in [0.3, 0.4) is 0 Å². The zero-order chi connectivity index (χ0) is 31.7. The zero-order valence-corrected chi connectivity index (χ0v) is 26.4. The largest absolute Gasteiger partial charge is 0.497 e. The van der Waals surface area contributed by atoms with Crippen molar-refractivity contribution < 1.29 is 22.7 Å². The second-order valence-corrected chi connectivity index (χ2v) is 12.5. The van der Waals surface area contributed by atoms with Gasteiger partial charge in [-0.1, -0.05) is 78.4 Å². The van der Waals surface area contributed by atoms with Crippen molar-refractivity contribution in [1.82, 2.24) is 10.2 Å². The second kappa shape index (κ2) is 14.7. The van der Waals surface area contributed by atoms with Crippen molar-refractivity contribution in [1.29, 1.82) is 0 Å². The normalized spacial score (nSPS) is 11.8. The van der Waals surface area contributed by atoms with Gasteiger partial charge in [0, 0.05) is 19.5 Å². The third-order valence-electron chi connectivity index (χ3n) is 7.34. The molecular formula is C35H39N3O5S. The van der Waals surface area contributed by atoms with Crippen molar-refractivity contribution in [3.63, 3.8) is 0 Å². The van der Waals surface area contributed by atoms with E-state index in [2.05, 4.69) is 5.32 Å². The monoisotopic (exact) mass is 613 g/mol. The fourth-order valence-electron chi connectivity index (χ4n) is 5.13. The number of ether oxygens (including phenoxy) is 1. The molecule has 0 radical (unpaired) electrons. The van der Waals surface area contributed by atoms with Crippen molar-refractivity contribution >= 4 is 27.5 Å². The molecule has 0 bridgehead atoms. The summed E-state index contributed by atoms with van der Waals surface area (Å²) >= 11 is 0. The smallest absolute Gasteiger partial charge is 0.264 e. The van der Waals surface area contributed by atoms with Crippen LogP contribution in [-0.4, -0.2) is 51.4 Å². The van der Waals surface area contributed by atoms with Crippen molar-refractivity contribution in [2.24, 2.45) is 0 Å². The third-order valence-corrected chi connectivity index (χ3v) is 9.11. The van der Waals surface area contributed by atoms with Crippen LogP contribution in [0.5, 0.6) is 5.75 Å². The lowest BCUT2D eigenvalue weighted by Crippen LogP contribution is -2.53. The molecule has 0 aliphatic rings. The highest BCUT2D eigenvalue weighted by Crippen LogP contribution is 2.28. The van der Waals surface area contributed by atoms with Crippen LogP contribution in [0.15, 0.2) is 108 Å². The minimum Gasteiger partial charge on any atom is -0.497 e. The molecule has 2 amide bonds. The summed E-state index contributed by atoms with van der Waals surface area (Å²) in [5, 5.41) is 2.88. The fraction of sp³-hybridized carbons (Fsp3) is 0.257. The van der Waals surface area contributed by atoms with Gasteiger partial charge in [-0.25, -0.2) is 8.42 Å². The molecule has 9 heteroatoms. The Labute approximate surface area is 260 Å². The molecule has 4 rings (SSSR count). The number of likely N-dealkylation sites (N-methyl/N-ethyl adjacent to an activating group) is 1. The number of rotatable bonds is 13. The van der Waals surface area contributed by atoms with E-state index in [4.69, 9.17) is 4.74 Å². The number of aryl methyl sites for hydroxylation is 2. The zero-order valence-electron chi connectivity index (χ0n) is 25.6. The summed E-state index contributed by atoms with van der Waals surface area (Å²) in [5.74, 6) is -0.229. The molecule has 0 unspecified atom stereocenters. The summed E-state index contributed by atoms with van der Waals surface area (Å²) in [6, 6.07) is 29.3. The van der Waals surface area contributed by atoms with E-state index >= 15 is 0 Å². The molecule has 0 heterocycles. The number of carbonyl (C=O) groups is 2. The number of methoxy groups -OCH3 is 1. The minimum atomic E-state index is -4.15. The molecule has 4 aromatic rings. The van der Waals surface area contributed by atoms with Gasteiger partial charge in [0.25, 0.3) is 10.0 Å². The Kier molecular flexibility index (Phi) is 10.8. The van der Waals surface area contributed by atoms with Gasteiger partial charge in [-0.3, -0.25) is 13.9 Å². The van der Waals surface area contributed by atoms with Gasteiger partial charge in [-0.2, -0.15) is 0 Å². The molecule has 0 aromatic heterocycles. The summed E-state index contributed by atoms with van der Waals surface area (Å²) in [6.07, 6.45) is 0.247. The van der Waals surface area contributed by atoms with Gasteiger partial charge in [0.2, 0.25) is 11.8 Å². The van der Waals surface area contributed by atoms with Crippen molar-refractivity contribution in [2.75, 3.05) is 24.5 Å². The molecule has 0 saturated carbocycles. The summed E-state index contributed by atoms with van der Waals surface area (Å²) in [4.78, 5) is 29.6. The van der Waals surface area contributed by atoms with E-state index in [9.17, 15) is 18.0 Å². The number of hydrogen-bond donors (Lipinski definition) is 1. The van der Waals surface area contributed by atoms with Crippen LogP contribution in [-0.2, 0) is 32.6 Å². The van der Waals surface area contributed by atoms with E-state index in [1.165, 1.54) is 17.0 Å². The van der Waals surface area contributed by atoms with Gasteiger partial charge < -0.3 is 15.0 Å². The molecule has 0 fully saturated rings. The molecule has 1 N–H and O–H groups in total. The molecule has 1 atom stereocenters. The lowest BCUT2D eigenvalue weighted by molar-refractivity contribution is -0.140.